The number of rotatable bonds is 10. The molecule has 3 aromatic carbocycles. The van der Waals surface area contributed by atoms with Gasteiger partial charge in [-0.1, -0.05) is 64.5 Å². The molecule has 0 saturated heterocycles. The third kappa shape index (κ3) is 9.18. The van der Waals surface area contributed by atoms with Crippen LogP contribution in [0.25, 0.3) is 0 Å². The zero-order valence-corrected chi connectivity index (χ0v) is 24.8. The van der Waals surface area contributed by atoms with Crippen molar-refractivity contribution in [2.45, 2.75) is 45.3 Å². The summed E-state index contributed by atoms with van der Waals surface area (Å²) < 4.78 is 40.9. The van der Waals surface area contributed by atoms with Crippen LogP contribution in [0.1, 0.15) is 31.9 Å². The largest absolute Gasteiger partial charge is 0.350 e. The van der Waals surface area contributed by atoms with E-state index in [0.717, 1.165) is 16.1 Å². The summed E-state index contributed by atoms with van der Waals surface area (Å²) in [7, 11) is -3.86. The maximum Gasteiger partial charge on any atom is 0.244 e. The number of carbonyl (C=O) groups excluding carboxylic acids is 2. The second-order valence-corrected chi connectivity index (χ2v) is 13.2. The van der Waals surface area contributed by atoms with Gasteiger partial charge in [-0.15, -0.1) is 0 Å². The summed E-state index contributed by atoms with van der Waals surface area (Å²) in [5.41, 5.74) is 1.15. The molecule has 0 aliphatic carbocycles. The third-order valence-electron chi connectivity index (χ3n) is 5.81. The lowest BCUT2D eigenvalue weighted by atomic mass is 10.0. The normalized spacial score (nSPS) is 12.5. The van der Waals surface area contributed by atoms with Gasteiger partial charge in [-0.25, -0.2) is 12.8 Å². The van der Waals surface area contributed by atoms with E-state index in [2.05, 4.69) is 21.2 Å². The summed E-state index contributed by atoms with van der Waals surface area (Å²) in [6.07, 6.45) is 1.23. The van der Waals surface area contributed by atoms with Crippen molar-refractivity contribution in [2.24, 2.45) is 0 Å². The van der Waals surface area contributed by atoms with Crippen LogP contribution in [0.5, 0.6) is 0 Å². The van der Waals surface area contributed by atoms with E-state index in [1.807, 2.05) is 51.1 Å². The average Bonchev–Trinajstić information content (AvgIpc) is 2.84. The monoisotopic (exact) mass is 617 g/mol. The van der Waals surface area contributed by atoms with Gasteiger partial charge in [0.2, 0.25) is 21.8 Å². The minimum Gasteiger partial charge on any atom is -0.350 e. The fraction of sp³-hybridized carbons (Fsp3) is 0.310. The zero-order valence-electron chi connectivity index (χ0n) is 22.4. The molecule has 0 fully saturated rings. The summed E-state index contributed by atoms with van der Waals surface area (Å²) in [5, 5.41) is 2.96. The van der Waals surface area contributed by atoms with E-state index in [-0.39, 0.29) is 18.9 Å². The number of nitrogens with zero attached hydrogens (tertiary/aromatic N) is 2. The molecule has 2 amide bonds. The van der Waals surface area contributed by atoms with Crippen LogP contribution in [0.4, 0.5) is 10.1 Å². The Kier molecular flexibility index (Phi) is 9.90. The molecule has 1 N–H and O–H groups in total. The highest BCUT2D eigenvalue weighted by Crippen LogP contribution is 2.23. The van der Waals surface area contributed by atoms with E-state index in [1.165, 1.54) is 17.0 Å². The highest BCUT2D eigenvalue weighted by atomic mass is 79.9. The second-order valence-electron chi connectivity index (χ2n) is 10.3. The van der Waals surface area contributed by atoms with Gasteiger partial charge < -0.3 is 10.2 Å². The fourth-order valence-electron chi connectivity index (χ4n) is 4.04. The van der Waals surface area contributed by atoms with E-state index in [1.54, 1.807) is 36.4 Å². The van der Waals surface area contributed by atoms with Crippen LogP contribution in [0, 0.1) is 5.82 Å². The van der Waals surface area contributed by atoms with Crippen molar-refractivity contribution in [3.8, 4) is 0 Å². The molecule has 3 rings (SSSR count). The minimum atomic E-state index is -3.86. The highest BCUT2D eigenvalue weighted by molar-refractivity contribution is 9.10. The Morgan fingerprint density at radius 3 is 2.15 bits per heavy atom. The summed E-state index contributed by atoms with van der Waals surface area (Å²) in [6, 6.07) is 20.6. The Labute approximate surface area is 238 Å². The van der Waals surface area contributed by atoms with Crippen LogP contribution in [0.3, 0.4) is 0 Å². The SMILES string of the molecule is CC(C)(C)NC(=O)C(Cc1ccccc1)N(Cc1ccc(F)cc1)C(=O)CN(c1cccc(Br)c1)S(C)(=O)=O. The lowest BCUT2D eigenvalue weighted by Gasteiger charge is -2.35. The molecule has 0 spiro atoms. The smallest absolute Gasteiger partial charge is 0.244 e. The molecule has 0 aliphatic rings. The lowest BCUT2D eigenvalue weighted by Crippen LogP contribution is -2.56. The predicted molar refractivity (Wildman–Crippen MR) is 155 cm³/mol. The number of benzene rings is 3. The number of nitrogens with one attached hydrogen (secondary N) is 1. The molecule has 0 aliphatic heterocycles. The standard InChI is InChI=1S/C29H33BrFN3O4S/c1-29(2,3)32-28(36)26(17-21-9-6-5-7-10-21)33(19-22-13-15-24(31)16-14-22)27(35)20-34(39(4,37)38)25-12-8-11-23(30)18-25/h5-16,18,26H,17,19-20H2,1-4H3,(H,32,36). The van der Waals surface area contributed by atoms with E-state index in [9.17, 15) is 22.4 Å². The molecule has 0 heterocycles. The van der Waals surface area contributed by atoms with Crippen LogP contribution in [-0.4, -0.2) is 49.5 Å². The molecule has 7 nitrogen and oxygen atoms in total. The third-order valence-corrected chi connectivity index (χ3v) is 7.44. The second kappa shape index (κ2) is 12.7. The quantitative estimate of drug-likeness (QED) is 0.350. The first-order chi connectivity index (χ1) is 18.2. The van der Waals surface area contributed by atoms with Gasteiger partial charge in [-0.3, -0.25) is 13.9 Å². The van der Waals surface area contributed by atoms with Gasteiger partial charge in [-0.2, -0.15) is 0 Å². The van der Waals surface area contributed by atoms with Crippen LogP contribution >= 0.6 is 15.9 Å². The van der Waals surface area contributed by atoms with Crippen molar-refractivity contribution in [2.75, 3.05) is 17.1 Å². The van der Waals surface area contributed by atoms with Crippen LogP contribution in [-0.2, 0) is 32.6 Å². The van der Waals surface area contributed by atoms with E-state index in [4.69, 9.17) is 0 Å². The molecule has 39 heavy (non-hydrogen) atoms. The van der Waals surface area contributed by atoms with Crippen molar-refractivity contribution in [3.05, 3.63) is 100 Å². The topological polar surface area (TPSA) is 86.8 Å². The van der Waals surface area contributed by atoms with E-state index < -0.39 is 39.9 Å². The van der Waals surface area contributed by atoms with Gasteiger partial charge in [0.25, 0.3) is 0 Å². The number of anilines is 1. The molecule has 10 heteroatoms. The first-order valence-electron chi connectivity index (χ1n) is 12.4. The number of amides is 2. The number of hydrogen-bond donors (Lipinski definition) is 1. The number of carbonyl (C=O) groups is 2. The number of halogens is 2. The predicted octanol–water partition coefficient (Wildman–Crippen LogP) is 4.91. The van der Waals surface area contributed by atoms with Crippen molar-refractivity contribution in [3.63, 3.8) is 0 Å². The molecule has 0 saturated carbocycles. The molecule has 208 valence electrons. The first kappa shape index (κ1) is 30.3. The van der Waals surface area contributed by atoms with E-state index >= 15 is 0 Å². The first-order valence-corrected chi connectivity index (χ1v) is 15.0. The van der Waals surface area contributed by atoms with Gasteiger partial charge >= 0.3 is 0 Å². The van der Waals surface area contributed by atoms with Gasteiger partial charge in [-0.05, 0) is 62.2 Å². The minimum absolute atomic E-state index is 0.0235. The van der Waals surface area contributed by atoms with Gasteiger partial charge in [0, 0.05) is 23.0 Å². The molecule has 3 aromatic rings. The highest BCUT2D eigenvalue weighted by Gasteiger charge is 2.34. The van der Waals surface area contributed by atoms with Gasteiger partial charge in [0.15, 0.2) is 0 Å². The maximum absolute atomic E-state index is 14.0. The molecule has 0 bridgehead atoms. The van der Waals surface area contributed by atoms with Crippen molar-refractivity contribution < 1.29 is 22.4 Å². The van der Waals surface area contributed by atoms with Crippen LogP contribution in [0.15, 0.2) is 83.3 Å². The molecule has 1 atom stereocenters. The Balaban J connectivity index is 2.07. The summed E-state index contributed by atoms with van der Waals surface area (Å²) in [4.78, 5) is 29.0. The lowest BCUT2D eigenvalue weighted by molar-refractivity contribution is -0.140. The van der Waals surface area contributed by atoms with Crippen molar-refractivity contribution in [1.82, 2.24) is 10.2 Å². The maximum atomic E-state index is 14.0. The summed E-state index contributed by atoms with van der Waals surface area (Å²) >= 11 is 3.35. The summed E-state index contributed by atoms with van der Waals surface area (Å²) in [6.45, 7) is 4.98. The Morgan fingerprint density at radius 1 is 0.949 bits per heavy atom. The molecule has 0 aromatic heterocycles. The molecule has 0 radical (unpaired) electrons. The Hall–Kier alpha value is -3.24. The Bertz CT molecular complexity index is 1390. The fourth-order valence-corrected chi connectivity index (χ4v) is 5.27. The summed E-state index contributed by atoms with van der Waals surface area (Å²) in [5.74, 6) is -1.38. The molecular weight excluding hydrogens is 585 g/mol. The average molecular weight is 619 g/mol. The van der Waals surface area contributed by atoms with Crippen molar-refractivity contribution >= 4 is 43.5 Å². The van der Waals surface area contributed by atoms with Gasteiger partial charge in [0.1, 0.15) is 18.4 Å². The zero-order chi connectivity index (χ0) is 28.8. The van der Waals surface area contributed by atoms with Crippen molar-refractivity contribution in [1.29, 1.82) is 0 Å². The van der Waals surface area contributed by atoms with E-state index in [0.29, 0.717) is 15.7 Å². The molecular formula is C29H33BrFN3O4S. The van der Waals surface area contributed by atoms with Crippen LogP contribution in [0.2, 0.25) is 0 Å². The number of sulfonamides is 1. The molecule has 1 unspecified atom stereocenters. The van der Waals surface area contributed by atoms with Crippen LogP contribution < -0.4 is 9.62 Å². The Morgan fingerprint density at radius 2 is 1.59 bits per heavy atom. The van der Waals surface area contributed by atoms with Gasteiger partial charge in [0.05, 0.1) is 11.9 Å². The number of hydrogen-bond acceptors (Lipinski definition) is 4.